The number of nitrogens with zero attached hydrogens (tertiary/aromatic N) is 2. The number of benzene rings is 1. The molecule has 0 unspecified atom stereocenters. The highest BCUT2D eigenvalue weighted by Crippen LogP contribution is 2.15. The molecule has 2 aromatic heterocycles. The molecule has 126 valence electrons. The van der Waals surface area contributed by atoms with Gasteiger partial charge in [-0.15, -0.1) is 11.3 Å². The number of hydrogen-bond donors (Lipinski definition) is 2. The van der Waals surface area contributed by atoms with Crippen LogP contribution in [0.2, 0.25) is 0 Å². The molecule has 2 N–H and O–H groups in total. The predicted octanol–water partition coefficient (Wildman–Crippen LogP) is 3.87. The van der Waals surface area contributed by atoms with Gasteiger partial charge in [0.15, 0.2) is 5.96 Å². The average Bonchev–Trinajstić information content (AvgIpc) is 3.25. The van der Waals surface area contributed by atoms with E-state index >= 15 is 0 Å². The van der Waals surface area contributed by atoms with E-state index in [1.165, 1.54) is 15.8 Å². The molecule has 0 saturated carbocycles. The van der Waals surface area contributed by atoms with Gasteiger partial charge in [0.2, 0.25) is 0 Å². The monoisotopic (exact) mass is 340 g/mol. The first-order chi connectivity index (χ1) is 11.8. The lowest BCUT2D eigenvalue weighted by atomic mass is 10.2. The molecule has 1 aromatic carbocycles. The van der Waals surface area contributed by atoms with E-state index in [4.69, 9.17) is 4.99 Å². The molecule has 0 aliphatic rings. The molecule has 0 atom stereocenters. The zero-order valence-corrected chi connectivity index (χ0v) is 15.1. The second-order valence-electron chi connectivity index (χ2n) is 5.80. The number of nitrogens with one attached hydrogen (secondary N) is 2. The summed E-state index contributed by atoms with van der Waals surface area (Å²) < 4.78 is 0. The molecule has 0 aliphatic heterocycles. The molecular weight excluding hydrogens is 316 g/mol. The minimum absolute atomic E-state index is 0.653. The zero-order valence-electron chi connectivity index (χ0n) is 14.2. The number of likely N-dealkylation sites (N-methyl/N-ethyl adjacent to an activating group) is 1. The highest BCUT2D eigenvalue weighted by molar-refractivity contribution is 7.09. The SMILES string of the molecule is CCNC(=NCc1cc2ccccc2[nH]1)N(C)CCc1cccs1. The Morgan fingerprint density at radius 3 is 2.88 bits per heavy atom. The lowest BCUT2D eigenvalue weighted by Gasteiger charge is -2.21. The minimum Gasteiger partial charge on any atom is -0.357 e. The highest BCUT2D eigenvalue weighted by atomic mass is 32.1. The Hall–Kier alpha value is -2.27. The van der Waals surface area contributed by atoms with Crippen LogP contribution >= 0.6 is 11.3 Å². The third-order valence-corrected chi connectivity index (χ3v) is 4.89. The van der Waals surface area contributed by atoms with E-state index in [2.05, 4.69) is 71.0 Å². The number of guanidine groups is 1. The van der Waals surface area contributed by atoms with E-state index in [9.17, 15) is 0 Å². The molecule has 0 spiro atoms. The first-order valence-corrected chi connectivity index (χ1v) is 9.22. The summed E-state index contributed by atoms with van der Waals surface area (Å²) in [5.74, 6) is 0.952. The van der Waals surface area contributed by atoms with Gasteiger partial charge in [0.25, 0.3) is 0 Å². The van der Waals surface area contributed by atoms with E-state index < -0.39 is 0 Å². The Balaban J connectivity index is 1.65. The summed E-state index contributed by atoms with van der Waals surface area (Å²) in [5.41, 5.74) is 2.30. The van der Waals surface area contributed by atoms with E-state index in [-0.39, 0.29) is 0 Å². The van der Waals surface area contributed by atoms with Gasteiger partial charge in [-0.3, -0.25) is 0 Å². The summed E-state index contributed by atoms with van der Waals surface area (Å²) in [6.45, 7) is 4.58. The van der Waals surface area contributed by atoms with Gasteiger partial charge in [-0.25, -0.2) is 4.99 Å². The first-order valence-electron chi connectivity index (χ1n) is 8.34. The first kappa shape index (κ1) is 16.6. The van der Waals surface area contributed by atoms with E-state index in [0.717, 1.165) is 31.2 Å². The molecule has 0 fully saturated rings. The van der Waals surface area contributed by atoms with E-state index in [1.54, 1.807) is 0 Å². The second-order valence-corrected chi connectivity index (χ2v) is 6.84. The molecule has 24 heavy (non-hydrogen) atoms. The van der Waals surface area contributed by atoms with Crippen molar-refractivity contribution in [3.05, 3.63) is 58.4 Å². The van der Waals surface area contributed by atoms with Crippen LogP contribution in [0.4, 0.5) is 0 Å². The lowest BCUT2D eigenvalue weighted by molar-refractivity contribution is 0.486. The number of para-hydroxylation sites is 1. The van der Waals surface area contributed by atoms with Crippen LogP contribution in [0.15, 0.2) is 52.8 Å². The molecule has 0 aliphatic carbocycles. The normalized spacial score (nSPS) is 11.8. The van der Waals surface area contributed by atoms with Gasteiger partial charge < -0.3 is 15.2 Å². The minimum atomic E-state index is 0.653. The molecule has 2 heterocycles. The highest BCUT2D eigenvalue weighted by Gasteiger charge is 2.07. The van der Waals surface area contributed by atoms with Crippen molar-refractivity contribution in [1.29, 1.82) is 0 Å². The van der Waals surface area contributed by atoms with Crippen molar-refractivity contribution in [2.75, 3.05) is 20.1 Å². The second kappa shape index (κ2) is 8.02. The van der Waals surface area contributed by atoms with Crippen LogP contribution in [0.1, 0.15) is 17.5 Å². The van der Waals surface area contributed by atoms with Crippen LogP contribution in [0.25, 0.3) is 10.9 Å². The van der Waals surface area contributed by atoms with Crippen molar-refractivity contribution in [2.24, 2.45) is 4.99 Å². The van der Waals surface area contributed by atoms with Gasteiger partial charge in [0, 0.05) is 36.2 Å². The number of aliphatic imine (C=N–C) groups is 1. The standard InChI is InChI=1S/C19H24N4S/c1-3-20-19(23(2)11-10-17-8-6-12-24-17)21-14-16-13-15-7-4-5-9-18(15)22-16/h4-9,12-13,22H,3,10-11,14H2,1-2H3,(H,20,21). The summed E-state index contributed by atoms with van der Waals surface area (Å²) in [6.07, 6.45) is 1.05. The smallest absolute Gasteiger partial charge is 0.194 e. The van der Waals surface area contributed by atoms with Crippen LogP contribution in [0, 0.1) is 0 Å². The molecule has 5 heteroatoms. The summed E-state index contributed by atoms with van der Waals surface area (Å²) in [7, 11) is 2.10. The number of fused-ring (bicyclic) bond motifs is 1. The number of rotatable bonds is 6. The Labute approximate surface area is 147 Å². The molecule has 0 saturated heterocycles. The topological polar surface area (TPSA) is 43.4 Å². The summed E-state index contributed by atoms with van der Waals surface area (Å²) >= 11 is 1.81. The summed E-state index contributed by atoms with van der Waals surface area (Å²) in [5, 5.41) is 6.75. The maximum atomic E-state index is 4.78. The van der Waals surface area contributed by atoms with Crippen molar-refractivity contribution in [3.8, 4) is 0 Å². The third kappa shape index (κ3) is 4.17. The number of aromatic amines is 1. The van der Waals surface area contributed by atoms with Crippen molar-refractivity contribution >= 4 is 28.2 Å². The van der Waals surface area contributed by atoms with Crippen molar-refractivity contribution in [3.63, 3.8) is 0 Å². The Bertz CT molecular complexity index is 756. The van der Waals surface area contributed by atoms with Gasteiger partial charge >= 0.3 is 0 Å². The van der Waals surface area contributed by atoms with Gasteiger partial charge in [-0.2, -0.15) is 0 Å². The van der Waals surface area contributed by atoms with Gasteiger partial charge in [-0.1, -0.05) is 24.3 Å². The molecule has 0 bridgehead atoms. The number of aromatic nitrogens is 1. The van der Waals surface area contributed by atoms with Crippen LogP contribution in [0.5, 0.6) is 0 Å². The number of thiophene rings is 1. The molecule has 0 radical (unpaired) electrons. The number of H-pyrrole nitrogens is 1. The van der Waals surface area contributed by atoms with E-state index in [1.807, 2.05) is 17.4 Å². The van der Waals surface area contributed by atoms with Crippen LogP contribution in [-0.4, -0.2) is 36.0 Å². The maximum Gasteiger partial charge on any atom is 0.194 e. The Morgan fingerprint density at radius 2 is 2.12 bits per heavy atom. The van der Waals surface area contributed by atoms with Crippen molar-refractivity contribution in [1.82, 2.24) is 15.2 Å². The predicted molar refractivity (Wildman–Crippen MR) is 104 cm³/mol. The Kier molecular flexibility index (Phi) is 5.54. The fraction of sp³-hybridized carbons (Fsp3) is 0.316. The zero-order chi connectivity index (χ0) is 16.8. The molecule has 3 rings (SSSR count). The van der Waals surface area contributed by atoms with E-state index in [0.29, 0.717) is 6.54 Å². The summed E-state index contributed by atoms with van der Waals surface area (Å²) in [4.78, 5) is 11.8. The van der Waals surface area contributed by atoms with Crippen molar-refractivity contribution < 1.29 is 0 Å². The van der Waals surface area contributed by atoms with Gasteiger partial charge in [0.1, 0.15) is 0 Å². The van der Waals surface area contributed by atoms with Crippen LogP contribution in [0.3, 0.4) is 0 Å². The molecule has 4 nitrogen and oxygen atoms in total. The third-order valence-electron chi connectivity index (χ3n) is 3.96. The Morgan fingerprint density at radius 1 is 1.25 bits per heavy atom. The average molecular weight is 340 g/mol. The summed E-state index contributed by atoms with van der Waals surface area (Å²) in [6, 6.07) is 14.8. The van der Waals surface area contributed by atoms with Gasteiger partial charge in [0.05, 0.1) is 6.54 Å². The maximum absolute atomic E-state index is 4.78. The largest absolute Gasteiger partial charge is 0.357 e. The van der Waals surface area contributed by atoms with Crippen molar-refractivity contribution in [2.45, 2.75) is 19.9 Å². The van der Waals surface area contributed by atoms with Crippen LogP contribution in [-0.2, 0) is 13.0 Å². The molecular formula is C19H24N4S. The quantitative estimate of drug-likeness (QED) is 0.528. The fourth-order valence-corrected chi connectivity index (χ4v) is 3.39. The fourth-order valence-electron chi connectivity index (χ4n) is 2.69. The molecule has 3 aromatic rings. The van der Waals surface area contributed by atoms with Crippen LogP contribution < -0.4 is 5.32 Å². The lowest BCUT2D eigenvalue weighted by Crippen LogP contribution is -2.39. The number of hydrogen-bond acceptors (Lipinski definition) is 2. The molecule has 0 amide bonds. The van der Waals surface area contributed by atoms with Gasteiger partial charge in [-0.05, 0) is 42.3 Å².